The van der Waals surface area contributed by atoms with Crippen LogP contribution >= 0.6 is 15.9 Å². The molecule has 1 aliphatic carbocycles. The van der Waals surface area contributed by atoms with E-state index >= 15 is 0 Å². The average molecular weight is 351 g/mol. The zero-order chi connectivity index (χ0) is 14.8. The molecule has 1 aliphatic rings. The molecule has 0 spiro atoms. The molecule has 21 heavy (non-hydrogen) atoms. The molecule has 0 radical (unpaired) electrons. The summed E-state index contributed by atoms with van der Waals surface area (Å²) in [6.07, 6.45) is 4.92. The molecule has 6 heteroatoms. The lowest BCUT2D eigenvalue weighted by Crippen LogP contribution is -2.16. The summed E-state index contributed by atoms with van der Waals surface area (Å²) in [7, 11) is 0. The summed E-state index contributed by atoms with van der Waals surface area (Å²) in [5.74, 6) is 0.804. The molecule has 2 aromatic heterocycles. The van der Waals surface area contributed by atoms with Crippen LogP contribution in [0.25, 0.3) is 0 Å². The highest BCUT2D eigenvalue weighted by Crippen LogP contribution is 2.39. The van der Waals surface area contributed by atoms with Crippen LogP contribution in [-0.4, -0.2) is 21.7 Å². The van der Waals surface area contributed by atoms with Crippen molar-refractivity contribution in [3.05, 3.63) is 56.7 Å². The molecule has 110 valence electrons. The molecular formula is C15H15BrN2O3. The Morgan fingerprint density at radius 1 is 1.48 bits per heavy atom. The zero-order valence-electron chi connectivity index (χ0n) is 11.3. The molecule has 0 saturated heterocycles. The van der Waals surface area contributed by atoms with E-state index in [4.69, 9.17) is 4.74 Å². The number of pyridine rings is 2. The van der Waals surface area contributed by atoms with Gasteiger partial charge in [0.15, 0.2) is 5.75 Å². The van der Waals surface area contributed by atoms with Gasteiger partial charge in [0.05, 0.1) is 5.69 Å². The van der Waals surface area contributed by atoms with Crippen LogP contribution in [0.2, 0.25) is 0 Å². The Balaban J connectivity index is 1.64. The second-order valence-electron chi connectivity index (χ2n) is 5.13. The maximum atomic E-state index is 11.5. The number of hydrogen-bond acceptors (Lipinski definition) is 4. The number of rotatable bonds is 5. The molecule has 2 aromatic rings. The van der Waals surface area contributed by atoms with Gasteiger partial charge in [0, 0.05) is 22.9 Å². The number of aromatic amines is 1. The topological polar surface area (TPSA) is 75.2 Å². The second-order valence-corrected chi connectivity index (χ2v) is 6.04. The van der Waals surface area contributed by atoms with Gasteiger partial charge in [0.25, 0.3) is 5.56 Å². The number of nitrogens with zero attached hydrogens (tertiary/aromatic N) is 1. The monoisotopic (exact) mass is 350 g/mol. The van der Waals surface area contributed by atoms with Crippen LogP contribution < -0.4 is 10.3 Å². The third-order valence-corrected chi connectivity index (χ3v) is 3.89. The van der Waals surface area contributed by atoms with Crippen molar-refractivity contribution in [2.24, 2.45) is 0 Å². The summed E-state index contributed by atoms with van der Waals surface area (Å²) in [6, 6.07) is 5.37. The van der Waals surface area contributed by atoms with E-state index in [0.717, 1.165) is 0 Å². The number of ether oxygens (including phenoxy) is 1. The fourth-order valence-electron chi connectivity index (χ4n) is 2.07. The lowest BCUT2D eigenvalue weighted by molar-refractivity contribution is 0.104. The quantitative estimate of drug-likeness (QED) is 0.868. The van der Waals surface area contributed by atoms with Crippen molar-refractivity contribution in [1.82, 2.24) is 9.97 Å². The van der Waals surface area contributed by atoms with Gasteiger partial charge in [-0.05, 0) is 46.3 Å². The van der Waals surface area contributed by atoms with Gasteiger partial charge in [-0.2, -0.15) is 0 Å². The summed E-state index contributed by atoms with van der Waals surface area (Å²) in [5, 5.41) is 10.1. The fourth-order valence-corrected chi connectivity index (χ4v) is 2.39. The van der Waals surface area contributed by atoms with Crippen molar-refractivity contribution in [3.63, 3.8) is 0 Å². The Kier molecular flexibility index (Phi) is 4.07. The van der Waals surface area contributed by atoms with Gasteiger partial charge in [0.1, 0.15) is 12.7 Å². The predicted octanol–water partition coefficient (Wildman–Crippen LogP) is 2.52. The first-order valence-electron chi connectivity index (χ1n) is 6.78. The van der Waals surface area contributed by atoms with Crippen molar-refractivity contribution >= 4 is 15.9 Å². The number of halogens is 1. The molecule has 0 aliphatic heterocycles. The highest BCUT2D eigenvalue weighted by atomic mass is 79.9. The molecule has 1 saturated carbocycles. The number of aliphatic hydroxyl groups is 1. The number of H-pyrrole nitrogens is 1. The first-order chi connectivity index (χ1) is 10.1. The van der Waals surface area contributed by atoms with Crippen molar-refractivity contribution in [3.8, 4) is 5.75 Å². The van der Waals surface area contributed by atoms with E-state index in [1.807, 2.05) is 18.3 Å². The van der Waals surface area contributed by atoms with Gasteiger partial charge < -0.3 is 14.8 Å². The molecule has 0 aromatic carbocycles. The molecule has 2 N–H and O–H groups in total. The number of aromatic nitrogens is 2. The first kappa shape index (κ1) is 14.3. The summed E-state index contributed by atoms with van der Waals surface area (Å²) >= 11 is 3.25. The first-order valence-corrected chi connectivity index (χ1v) is 7.58. The molecule has 0 amide bonds. The largest absolute Gasteiger partial charge is 0.485 e. The van der Waals surface area contributed by atoms with Crippen LogP contribution in [0.15, 0.2) is 39.9 Å². The van der Waals surface area contributed by atoms with Crippen LogP contribution in [0.1, 0.15) is 36.1 Å². The van der Waals surface area contributed by atoms with E-state index in [2.05, 4.69) is 25.9 Å². The minimum absolute atomic E-state index is 0.0185. The second kappa shape index (κ2) is 5.99. The van der Waals surface area contributed by atoms with Gasteiger partial charge in [-0.3, -0.25) is 9.78 Å². The van der Waals surface area contributed by atoms with Crippen molar-refractivity contribution < 1.29 is 9.84 Å². The summed E-state index contributed by atoms with van der Waals surface area (Å²) in [5.41, 5.74) is 1.43. The van der Waals surface area contributed by atoms with Gasteiger partial charge in [-0.15, -0.1) is 0 Å². The van der Waals surface area contributed by atoms with Gasteiger partial charge in [-0.1, -0.05) is 6.07 Å². The van der Waals surface area contributed by atoms with Crippen molar-refractivity contribution in [1.29, 1.82) is 0 Å². The zero-order valence-corrected chi connectivity index (χ0v) is 12.8. The molecule has 0 bridgehead atoms. The van der Waals surface area contributed by atoms with Gasteiger partial charge in [0.2, 0.25) is 0 Å². The van der Waals surface area contributed by atoms with E-state index < -0.39 is 6.10 Å². The van der Waals surface area contributed by atoms with Gasteiger partial charge >= 0.3 is 0 Å². The lowest BCUT2D eigenvalue weighted by atomic mass is 10.1. The predicted molar refractivity (Wildman–Crippen MR) is 81.4 cm³/mol. The number of hydrogen-bond donors (Lipinski definition) is 2. The standard InChI is InChI=1S/C15H15BrN2O3/c16-11-5-14(15(20)18-7-11)21-8-13(19)12-4-3-10(6-17-12)9-1-2-9/h3-7,9,13,19H,1-2,8H2,(H,18,20). The van der Waals surface area contributed by atoms with Crippen molar-refractivity contribution in [2.75, 3.05) is 6.61 Å². The average Bonchev–Trinajstić information content (AvgIpc) is 3.33. The Labute approximate surface area is 130 Å². The Bertz CT molecular complexity index is 680. The van der Waals surface area contributed by atoms with Crippen LogP contribution in [0.5, 0.6) is 5.75 Å². The molecular weight excluding hydrogens is 336 g/mol. The Hall–Kier alpha value is -1.66. The minimum atomic E-state index is -0.864. The third-order valence-electron chi connectivity index (χ3n) is 3.43. The molecule has 2 heterocycles. The minimum Gasteiger partial charge on any atom is -0.485 e. The summed E-state index contributed by atoms with van der Waals surface area (Å²) in [4.78, 5) is 18.3. The van der Waals surface area contributed by atoms with E-state index in [-0.39, 0.29) is 17.9 Å². The van der Waals surface area contributed by atoms with Crippen LogP contribution in [0.3, 0.4) is 0 Å². The molecule has 1 fully saturated rings. The number of aliphatic hydroxyl groups excluding tert-OH is 1. The SMILES string of the molecule is O=c1[nH]cc(Br)cc1OCC(O)c1ccc(C2CC2)cn1. The molecule has 5 nitrogen and oxygen atoms in total. The highest BCUT2D eigenvalue weighted by molar-refractivity contribution is 9.10. The molecule has 3 rings (SSSR count). The van der Waals surface area contributed by atoms with E-state index in [1.165, 1.54) is 24.6 Å². The van der Waals surface area contributed by atoms with Crippen molar-refractivity contribution in [2.45, 2.75) is 24.9 Å². The summed E-state index contributed by atoms with van der Waals surface area (Å²) < 4.78 is 6.07. The smallest absolute Gasteiger partial charge is 0.290 e. The van der Waals surface area contributed by atoms with Crippen LogP contribution in [-0.2, 0) is 0 Å². The Morgan fingerprint density at radius 2 is 2.29 bits per heavy atom. The lowest BCUT2D eigenvalue weighted by Gasteiger charge is -2.12. The van der Waals surface area contributed by atoms with Crippen LogP contribution in [0, 0.1) is 0 Å². The third kappa shape index (κ3) is 3.51. The number of nitrogens with one attached hydrogen (secondary N) is 1. The maximum Gasteiger partial charge on any atom is 0.290 e. The van der Waals surface area contributed by atoms with Crippen LogP contribution in [0.4, 0.5) is 0 Å². The van der Waals surface area contributed by atoms with E-state index in [1.54, 1.807) is 6.07 Å². The van der Waals surface area contributed by atoms with E-state index in [0.29, 0.717) is 16.1 Å². The highest BCUT2D eigenvalue weighted by Gasteiger charge is 2.24. The summed E-state index contributed by atoms with van der Waals surface area (Å²) in [6.45, 7) is -0.0185. The fraction of sp³-hybridized carbons (Fsp3) is 0.333. The molecule has 1 unspecified atom stereocenters. The van der Waals surface area contributed by atoms with E-state index in [9.17, 15) is 9.90 Å². The normalized spacial score (nSPS) is 15.7. The Morgan fingerprint density at radius 3 is 2.95 bits per heavy atom. The molecule has 1 atom stereocenters. The maximum absolute atomic E-state index is 11.5. The van der Waals surface area contributed by atoms with Gasteiger partial charge in [-0.25, -0.2) is 0 Å².